The minimum atomic E-state index is -2.51. The van der Waals surface area contributed by atoms with E-state index in [1.54, 1.807) is 6.07 Å². The van der Waals surface area contributed by atoms with Gasteiger partial charge >= 0.3 is 0 Å². The van der Waals surface area contributed by atoms with Crippen molar-refractivity contribution in [2.45, 2.75) is 44.6 Å². The molecule has 1 fully saturated rings. The normalized spacial score (nSPS) is 24.9. The van der Waals surface area contributed by atoms with E-state index in [9.17, 15) is 34.8 Å². The van der Waals surface area contributed by atoms with Crippen molar-refractivity contribution in [1.29, 1.82) is 0 Å². The van der Waals surface area contributed by atoms with Gasteiger partial charge in [0.15, 0.2) is 23.5 Å². The van der Waals surface area contributed by atoms with E-state index in [1.165, 1.54) is 14.2 Å². The summed E-state index contributed by atoms with van der Waals surface area (Å²) in [5, 5.41) is 48.0. The summed E-state index contributed by atoms with van der Waals surface area (Å²) in [5.41, 5.74) is -1.36. The second-order valence-electron chi connectivity index (χ2n) is 10.3. The van der Waals surface area contributed by atoms with E-state index < -0.39 is 58.2 Å². The third-order valence-electron chi connectivity index (χ3n) is 7.86. The number of carbonyl (C=O) groups excluding carboxylic acids is 3. The van der Waals surface area contributed by atoms with Gasteiger partial charge in [-0.25, -0.2) is 0 Å². The van der Waals surface area contributed by atoms with Gasteiger partial charge in [0, 0.05) is 70.6 Å². The molecular weight excluding hydrogens is 496 g/mol. The molecule has 0 spiro atoms. The first-order chi connectivity index (χ1) is 17.9. The van der Waals surface area contributed by atoms with Gasteiger partial charge in [-0.2, -0.15) is 0 Å². The van der Waals surface area contributed by atoms with E-state index in [1.807, 2.05) is 19.0 Å². The summed E-state index contributed by atoms with van der Waals surface area (Å²) >= 11 is 0. The number of benzene rings is 1. The quantitative estimate of drug-likeness (QED) is 0.243. The molecular formula is C27H34N2O9. The van der Waals surface area contributed by atoms with E-state index in [0.29, 0.717) is 17.7 Å². The number of nitrogens with one attached hydrogen (secondary N) is 1. The van der Waals surface area contributed by atoms with Gasteiger partial charge in [-0.05, 0) is 37.3 Å². The molecule has 38 heavy (non-hydrogen) atoms. The zero-order valence-electron chi connectivity index (χ0n) is 22.1. The molecule has 11 nitrogen and oxygen atoms in total. The van der Waals surface area contributed by atoms with E-state index >= 15 is 0 Å². The maximum absolute atomic E-state index is 13.7. The Labute approximate surface area is 220 Å². The molecule has 1 aromatic carbocycles. The van der Waals surface area contributed by atoms with Crippen LogP contribution in [0.4, 0.5) is 5.69 Å². The van der Waals surface area contributed by atoms with Crippen LogP contribution in [0.5, 0.6) is 5.75 Å². The van der Waals surface area contributed by atoms with Gasteiger partial charge in [0.25, 0.3) is 0 Å². The molecule has 0 amide bonds. The molecule has 206 valence electrons. The highest BCUT2D eigenvalue weighted by molar-refractivity contribution is 6.23. The van der Waals surface area contributed by atoms with E-state index in [-0.39, 0.29) is 42.7 Å². The van der Waals surface area contributed by atoms with Crippen LogP contribution in [0.15, 0.2) is 23.0 Å². The predicted octanol–water partition coefficient (Wildman–Crippen LogP) is 1.30. The number of Topliss-reactive ketones (excluding diaryl/α,β-unsaturated/α-hetero) is 3. The van der Waals surface area contributed by atoms with Crippen LogP contribution in [0.3, 0.4) is 0 Å². The number of carbonyl (C=O) groups is 3. The smallest absolute Gasteiger partial charge is 0.202 e. The number of rotatable bonds is 8. The number of phenols is 1. The number of aromatic hydroxyl groups is 1. The molecule has 3 atom stereocenters. The molecule has 0 aliphatic heterocycles. The van der Waals surface area contributed by atoms with Gasteiger partial charge in [0.1, 0.15) is 22.8 Å². The lowest BCUT2D eigenvalue weighted by atomic mass is 9.59. The minimum absolute atomic E-state index is 0.0758. The summed E-state index contributed by atoms with van der Waals surface area (Å²) in [5.74, 6) is -5.55. The van der Waals surface area contributed by atoms with Crippen molar-refractivity contribution in [3.05, 3.63) is 39.7 Å². The monoisotopic (exact) mass is 530 g/mol. The lowest BCUT2D eigenvalue weighted by Gasteiger charge is -2.46. The standard InChI is InChI=1S/C27H34N2O9/c1-12(30)20-18(31)9-15-6-13-7-16-17(29(2)3)8-14(10-28-11-19(37-4)38-5)23(32)22(16)24(33)21(13)26(35)27(15,36)25(20)34/h8,13,15,19,28,32-34,36H,6-7,9-11H2,1-5H3. The molecule has 3 unspecified atom stereocenters. The van der Waals surface area contributed by atoms with Crippen molar-refractivity contribution in [3.8, 4) is 5.75 Å². The van der Waals surface area contributed by atoms with Crippen LogP contribution in [0.25, 0.3) is 5.76 Å². The number of fused-ring (bicyclic) bond motifs is 3. The molecule has 3 aliphatic carbocycles. The molecule has 3 aliphatic rings. The highest BCUT2D eigenvalue weighted by Gasteiger charge is 2.60. The van der Waals surface area contributed by atoms with Crippen molar-refractivity contribution >= 4 is 28.8 Å². The number of anilines is 1. The van der Waals surface area contributed by atoms with Crippen LogP contribution in [-0.2, 0) is 36.8 Å². The Morgan fingerprint density at radius 3 is 2.42 bits per heavy atom. The molecule has 4 rings (SSSR count). The summed E-state index contributed by atoms with van der Waals surface area (Å²) in [6.07, 6.45) is -0.404. The number of ether oxygens (including phenoxy) is 2. The lowest BCUT2D eigenvalue weighted by molar-refractivity contribution is -0.147. The molecule has 0 bridgehead atoms. The minimum Gasteiger partial charge on any atom is -0.508 e. The molecule has 11 heteroatoms. The van der Waals surface area contributed by atoms with Crippen LogP contribution in [0.2, 0.25) is 0 Å². The molecule has 1 saturated carbocycles. The van der Waals surface area contributed by atoms with Gasteiger partial charge in [-0.1, -0.05) is 0 Å². The number of aliphatic hydroxyl groups is 3. The summed E-state index contributed by atoms with van der Waals surface area (Å²) < 4.78 is 10.3. The molecule has 0 saturated heterocycles. The van der Waals surface area contributed by atoms with Crippen LogP contribution < -0.4 is 10.2 Å². The van der Waals surface area contributed by atoms with Crippen LogP contribution >= 0.6 is 0 Å². The fourth-order valence-electron chi connectivity index (χ4n) is 5.95. The van der Waals surface area contributed by atoms with E-state index in [0.717, 1.165) is 12.6 Å². The third-order valence-corrected chi connectivity index (χ3v) is 7.86. The largest absolute Gasteiger partial charge is 0.508 e. The predicted molar refractivity (Wildman–Crippen MR) is 137 cm³/mol. The number of methoxy groups -OCH3 is 2. The van der Waals surface area contributed by atoms with Crippen LogP contribution in [-0.4, -0.2) is 84.5 Å². The Balaban J connectivity index is 1.83. The Hall–Kier alpha value is -3.25. The highest BCUT2D eigenvalue weighted by atomic mass is 16.7. The van der Waals surface area contributed by atoms with Crippen molar-refractivity contribution in [2.24, 2.45) is 11.8 Å². The van der Waals surface area contributed by atoms with Crippen molar-refractivity contribution < 1.29 is 44.3 Å². The van der Waals surface area contributed by atoms with E-state index in [4.69, 9.17) is 9.47 Å². The first-order valence-electron chi connectivity index (χ1n) is 12.4. The average molecular weight is 531 g/mol. The maximum atomic E-state index is 13.7. The van der Waals surface area contributed by atoms with Crippen LogP contribution in [0, 0.1) is 11.8 Å². The average Bonchev–Trinajstić information content (AvgIpc) is 2.84. The number of ketones is 3. The fourth-order valence-corrected chi connectivity index (χ4v) is 5.95. The fraction of sp³-hybridized carbons (Fsp3) is 0.519. The Kier molecular flexibility index (Phi) is 7.41. The lowest BCUT2D eigenvalue weighted by Crippen LogP contribution is -2.57. The summed E-state index contributed by atoms with van der Waals surface area (Å²) in [6.45, 7) is 1.60. The summed E-state index contributed by atoms with van der Waals surface area (Å²) in [4.78, 5) is 40.2. The second-order valence-corrected chi connectivity index (χ2v) is 10.3. The number of hydrogen-bond donors (Lipinski definition) is 5. The Bertz CT molecular complexity index is 1260. The first kappa shape index (κ1) is 27.8. The van der Waals surface area contributed by atoms with Gasteiger partial charge in [-0.15, -0.1) is 0 Å². The van der Waals surface area contributed by atoms with E-state index in [2.05, 4.69) is 5.32 Å². The zero-order valence-corrected chi connectivity index (χ0v) is 22.1. The van der Waals surface area contributed by atoms with Gasteiger partial charge in [0.05, 0.1) is 5.56 Å². The number of allylic oxidation sites excluding steroid dienone is 1. The Morgan fingerprint density at radius 2 is 1.84 bits per heavy atom. The van der Waals surface area contributed by atoms with Gasteiger partial charge in [-0.3, -0.25) is 14.4 Å². The maximum Gasteiger partial charge on any atom is 0.202 e. The highest BCUT2D eigenvalue weighted by Crippen LogP contribution is 2.53. The number of phenolic OH excluding ortho intramolecular Hbond substituents is 1. The van der Waals surface area contributed by atoms with Gasteiger partial charge in [0.2, 0.25) is 5.78 Å². The molecule has 0 radical (unpaired) electrons. The van der Waals surface area contributed by atoms with Gasteiger partial charge < -0.3 is 40.1 Å². The molecule has 5 N–H and O–H groups in total. The summed E-state index contributed by atoms with van der Waals surface area (Å²) in [7, 11) is 6.65. The first-order valence-corrected chi connectivity index (χ1v) is 12.4. The second kappa shape index (κ2) is 10.1. The van der Waals surface area contributed by atoms with Crippen molar-refractivity contribution in [3.63, 3.8) is 0 Å². The van der Waals surface area contributed by atoms with Crippen LogP contribution in [0.1, 0.15) is 36.5 Å². The number of nitrogens with zero attached hydrogens (tertiary/aromatic N) is 1. The topological polar surface area (TPSA) is 166 Å². The summed E-state index contributed by atoms with van der Waals surface area (Å²) in [6, 6.07) is 1.80. The zero-order chi connectivity index (χ0) is 28.1. The number of hydrogen-bond acceptors (Lipinski definition) is 11. The Morgan fingerprint density at radius 1 is 1.18 bits per heavy atom. The molecule has 1 aromatic rings. The molecule has 0 heterocycles. The SMILES string of the molecule is COC(CNCc1cc(N(C)C)c2c(c1O)C(O)=C1C(=O)C3(O)C(O)=C(C(C)=O)C(=O)CC3CC1C2)OC. The van der Waals surface area contributed by atoms with Crippen molar-refractivity contribution in [1.82, 2.24) is 5.32 Å². The van der Waals surface area contributed by atoms with Crippen molar-refractivity contribution in [2.75, 3.05) is 39.8 Å². The molecule has 0 aromatic heterocycles. The third kappa shape index (κ3) is 4.19. The number of aliphatic hydroxyl groups excluding tert-OH is 2.